The highest BCUT2D eigenvalue weighted by Gasteiger charge is 2.30. The van der Waals surface area contributed by atoms with Gasteiger partial charge in [0.25, 0.3) is 0 Å². The lowest BCUT2D eigenvalue weighted by Crippen LogP contribution is -2.04. The van der Waals surface area contributed by atoms with E-state index in [2.05, 4.69) is 26.7 Å². The highest BCUT2D eigenvalue weighted by molar-refractivity contribution is 7.99. The Labute approximate surface area is 152 Å². The van der Waals surface area contributed by atoms with Crippen molar-refractivity contribution in [1.29, 1.82) is 0 Å². The standard InChI is InChI=1S/C18H13F3N4S/c1-2-11-26-17-15(12-6-8-13(9-7-12)18(19,20)21)24-25-16(23-17)14-5-3-4-10-22-14/h2-10H,1,11H2. The maximum Gasteiger partial charge on any atom is 0.416 e. The summed E-state index contributed by atoms with van der Waals surface area (Å²) >= 11 is 1.38. The van der Waals surface area contributed by atoms with Crippen LogP contribution in [0, 0.1) is 0 Å². The summed E-state index contributed by atoms with van der Waals surface area (Å²) in [7, 11) is 0. The topological polar surface area (TPSA) is 51.6 Å². The molecule has 4 nitrogen and oxygen atoms in total. The van der Waals surface area contributed by atoms with E-state index in [4.69, 9.17) is 0 Å². The Morgan fingerprint density at radius 1 is 1.04 bits per heavy atom. The predicted molar refractivity (Wildman–Crippen MR) is 94.4 cm³/mol. The van der Waals surface area contributed by atoms with Gasteiger partial charge in [-0.05, 0) is 24.3 Å². The molecule has 0 fully saturated rings. The molecule has 0 saturated carbocycles. The molecule has 26 heavy (non-hydrogen) atoms. The number of pyridine rings is 1. The maximum atomic E-state index is 12.7. The van der Waals surface area contributed by atoms with Crippen LogP contribution in [0.4, 0.5) is 13.2 Å². The number of halogens is 3. The third kappa shape index (κ3) is 4.08. The van der Waals surface area contributed by atoms with Gasteiger partial charge in [-0.15, -0.1) is 16.8 Å². The third-order valence-electron chi connectivity index (χ3n) is 3.37. The van der Waals surface area contributed by atoms with Crippen LogP contribution in [-0.4, -0.2) is 25.9 Å². The Morgan fingerprint density at radius 3 is 2.42 bits per heavy atom. The molecule has 3 rings (SSSR count). The van der Waals surface area contributed by atoms with E-state index in [1.807, 2.05) is 6.07 Å². The zero-order valence-electron chi connectivity index (χ0n) is 13.4. The average molecular weight is 374 g/mol. The summed E-state index contributed by atoms with van der Waals surface area (Å²) in [5.41, 5.74) is 0.786. The Bertz CT molecular complexity index is 897. The summed E-state index contributed by atoms with van der Waals surface area (Å²) in [6.45, 7) is 3.68. The van der Waals surface area contributed by atoms with E-state index in [1.54, 1.807) is 24.4 Å². The molecule has 0 bridgehead atoms. The summed E-state index contributed by atoms with van der Waals surface area (Å²) in [5.74, 6) is 0.932. The summed E-state index contributed by atoms with van der Waals surface area (Å²) in [6, 6.07) is 10.1. The molecule has 0 aliphatic rings. The Hall–Kier alpha value is -2.74. The number of thioether (sulfide) groups is 1. The molecular weight excluding hydrogens is 361 g/mol. The van der Waals surface area contributed by atoms with Crippen molar-refractivity contribution in [2.24, 2.45) is 0 Å². The van der Waals surface area contributed by atoms with Crippen molar-refractivity contribution in [3.8, 4) is 22.8 Å². The van der Waals surface area contributed by atoms with Crippen molar-refractivity contribution >= 4 is 11.8 Å². The van der Waals surface area contributed by atoms with Crippen molar-refractivity contribution in [1.82, 2.24) is 20.2 Å². The van der Waals surface area contributed by atoms with Gasteiger partial charge < -0.3 is 0 Å². The second kappa shape index (κ2) is 7.65. The lowest BCUT2D eigenvalue weighted by atomic mass is 10.1. The summed E-state index contributed by atoms with van der Waals surface area (Å²) in [4.78, 5) is 8.68. The van der Waals surface area contributed by atoms with E-state index in [9.17, 15) is 13.2 Å². The van der Waals surface area contributed by atoms with Gasteiger partial charge in [-0.3, -0.25) is 4.98 Å². The molecule has 0 aliphatic heterocycles. The minimum Gasteiger partial charge on any atom is -0.253 e. The molecule has 1 aromatic carbocycles. The fourth-order valence-electron chi connectivity index (χ4n) is 2.15. The van der Waals surface area contributed by atoms with E-state index in [0.29, 0.717) is 33.6 Å². The van der Waals surface area contributed by atoms with Crippen LogP contribution in [-0.2, 0) is 6.18 Å². The zero-order valence-corrected chi connectivity index (χ0v) is 14.3. The Balaban J connectivity index is 2.01. The molecule has 132 valence electrons. The minimum absolute atomic E-state index is 0.354. The smallest absolute Gasteiger partial charge is 0.253 e. The van der Waals surface area contributed by atoms with Gasteiger partial charge in [-0.2, -0.15) is 13.2 Å². The first-order chi connectivity index (χ1) is 12.5. The van der Waals surface area contributed by atoms with Gasteiger partial charge in [0.05, 0.1) is 5.56 Å². The van der Waals surface area contributed by atoms with E-state index < -0.39 is 11.7 Å². The van der Waals surface area contributed by atoms with Crippen molar-refractivity contribution in [2.45, 2.75) is 11.2 Å². The lowest BCUT2D eigenvalue weighted by molar-refractivity contribution is -0.137. The third-order valence-corrected chi connectivity index (χ3v) is 4.33. The van der Waals surface area contributed by atoms with Crippen LogP contribution in [0.2, 0.25) is 0 Å². The molecule has 0 N–H and O–H groups in total. The van der Waals surface area contributed by atoms with E-state index in [-0.39, 0.29) is 0 Å². The van der Waals surface area contributed by atoms with Crippen LogP contribution in [0.1, 0.15) is 5.56 Å². The Morgan fingerprint density at radius 2 is 1.81 bits per heavy atom. The molecule has 0 spiro atoms. The molecule has 0 amide bonds. The molecule has 0 atom stereocenters. The largest absolute Gasteiger partial charge is 0.416 e. The number of alkyl halides is 3. The van der Waals surface area contributed by atoms with Crippen molar-refractivity contribution in [3.63, 3.8) is 0 Å². The van der Waals surface area contributed by atoms with Crippen LogP contribution in [0.3, 0.4) is 0 Å². The first-order valence-corrected chi connectivity index (χ1v) is 8.55. The summed E-state index contributed by atoms with van der Waals surface area (Å²) in [5, 5.41) is 8.82. The number of hydrogen-bond acceptors (Lipinski definition) is 5. The molecule has 2 aromatic heterocycles. The van der Waals surface area contributed by atoms with Crippen LogP contribution in [0.15, 0.2) is 66.3 Å². The normalized spacial score (nSPS) is 11.3. The monoisotopic (exact) mass is 374 g/mol. The van der Waals surface area contributed by atoms with Gasteiger partial charge in [0.2, 0.25) is 5.82 Å². The zero-order chi connectivity index (χ0) is 18.6. The molecule has 0 radical (unpaired) electrons. The summed E-state index contributed by atoms with van der Waals surface area (Å²) in [6.07, 6.45) is -1.05. The maximum absolute atomic E-state index is 12.7. The molecule has 0 unspecified atom stereocenters. The van der Waals surface area contributed by atoms with Gasteiger partial charge in [-0.25, -0.2) is 4.98 Å². The molecule has 8 heteroatoms. The fraction of sp³-hybridized carbons (Fsp3) is 0.111. The van der Waals surface area contributed by atoms with E-state index in [1.165, 1.54) is 23.9 Å². The SMILES string of the molecule is C=CCSc1nc(-c2ccccn2)nnc1-c1ccc(C(F)(F)F)cc1. The average Bonchev–Trinajstić information content (AvgIpc) is 2.66. The van der Waals surface area contributed by atoms with Gasteiger partial charge in [-0.1, -0.05) is 36.0 Å². The van der Waals surface area contributed by atoms with Crippen molar-refractivity contribution in [3.05, 3.63) is 66.9 Å². The Kier molecular flexibility index (Phi) is 5.32. The van der Waals surface area contributed by atoms with Gasteiger partial charge in [0.15, 0.2) is 0 Å². The number of rotatable bonds is 5. The molecule has 2 heterocycles. The molecule has 0 saturated heterocycles. The number of hydrogen-bond donors (Lipinski definition) is 0. The molecular formula is C18H13F3N4S. The van der Waals surface area contributed by atoms with Crippen LogP contribution >= 0.6 is 11.8 Å². The molecule has 3 aromatic rings. The minimum atomic E-state index is -4.38. The first-order valence-electron chi connectivity index (χ1n) is 7.56. The lowest BCUT2D eigenvalue weighted by Gasteiger charge is -2.10. The van der Waals surface area contributed by atoms with Gasteiger partial charge in [0, 0.05) is 17.5 Å². The van der Waals surface area contributed by atoms with Crippen molar-refractivity contribution < 1.29 is 13.2 Å². The van der Waals surface area contributed by atoms with E-state index >= 15 is 0 Å². The quantitative estimate of drug-likeness (QED) is 0.470. The van der Waals surface area contributed by atoms with Crippen molar-refractivity contribution in [2.75, 3.05) is 5.75 Å². The first kappa shape index (κ1) is 18.1. The van der Waals surface area contributed by atoms with Gasteiger partial charge >= 0.3 is 6.18 Å². The highest BCUT2D eigenvalue weighted by atomic mass is 32.2. The van der Waals surface area contributed by atoms with Crippen LogP contribution in [0.5, 0.6) is 0 Å². The fourth-order valence-corrected chi connectivity index (χ4v) is 2.87. The second-order valence-electron chi connectivity index (χ2n) is 5.18. The number of aromatic nitrogens is 4. The molecule has 0 aliphatic carbocycles. The highest BCUT2D eigenvalue weighted by Crippen LogP contribution is 2.33. The van der Waals surface area contributed by atoms with Gasteiger partial charge in [0.1, 0.15) is 16.4 Å². The second-order valence-corrected chi connectivity index (χ2v) is 6.19. The van der Waals surface area contributed by atoms with E-state index in [0.717, 1.165) is 12.1 Å². The summed E-state index contributed by atoms with van der Waals surface area (Å²) < 4.78 is 38.2. The number of benzene rings is 1. The van der Waals surface area contributed by atoms with Crippen LogP contribution in [0.25, 0.3) is 22.8 Å². The van der Waals surface area contributed by atoms with Crippen LogP contribution < -0.4 is 0 Å². The number of nitrogens with zero attached hydrogens (tertiary/aromatic N) is 4. The predicted octanol–water partition coefficient (Wildman–Crippen LogP) is 4.90.